The number of pyridine rings is 1. The summed E-state index contributed by atoms with van der Waals surface area (Å²) in [5.74, 6) is 1.26. The Bertz CT molecular complexity index is 1600. The molecule has 2 aromatic carbocycles. The fourth-order valence-electron chi connectivity index (χ4n) is 8.01. The fourth-order valence-corrected chi connectivity index (χ4v) is 8.01. The summed E-state index contributed by atoms with van der Waals surface area (Å²) in [4.78, 5) is 32.3. The number of nitro benzene ring substituents is 1. The number of piperidine rings is 1. The molecule has 0 saturated carbocycles. The molecule has 1 spiro atoms. The molecule has 0 amide bonds. The third-order valence-electron chi connectivity index (χ3n) is 9.60. The summed E-state index contributed by atoms with van der Waals surface area (Å²) in [6.07, 6.45) is 2.15. The van der Waals surface area contributed by atoms with E-state index in [9.17, 15) is 14.9 Å². The Labute approximate surface area is 232 Å². The molecule has 9 nitrogen and oxygen atoms in total. The standard InChI is InChI=1S/C31H31N3O6/c1-5-39-30(35)24-16(2)32-27-20(25(24)17-7-6-8-19(13-17)34(36)37)15-21-22-14-18-9-10-23(38-4)28-26(18)31(21,29(27)40-28)11-12-33(22)3/h6-10,13,21-22,29H,5,11-12,14-15H2,1-4H3. The second-order valence-electron chi connectivity index (χ2n) is 11.3. The molecule has 1 saturated heterocycles. The van der Waals surface area contributed by atoms with Gasteiger partial charge in [0.25, 0.3) is 5.69 Å². The molecule has 1 aromatic heterocycles. The molecule has 206 valence electrons. The van der Waals surface area contributed by atoms with Crippen molar-refractivity contribution in [3.63, 3.8) is 0 Å². The third kappa shape index (κ3) is 3.18. The lowest BCUT2D eigenvalue weighted by molar-refractivity contribution is -0.384. The van der Waals surface area contributed by atoms with Crippen LogP contribution in [0.1, 0.15) is 57.9 Å². The van der Waals surface area contributed by atoms with Crippen LogP contribution >= 0.6 is 0 Å². The molecule has 2 aliphatic heterocycles. The van der Waals surface area contributed by atoms with E-state index in [1.165, 1.54) is 17.2 Å². The molecule has 0 radical (unpaired) electrons. The van der Waals surface area contributed by atoms with Gasteiger partial charge in [0.1, 0.15) is 0 Å². The first kappa shape index (κ1) is 25.0. The van der Waals surface area contributed by atoms with Gasteiger partial charge < -0.3 is 19.1 Å². The number of hydrogen-bond donors (Lipinski definition) is 0. The Morgan fingerprint density at radius 1 is 1.27 bits per heavy atom. The first-order valence-corrected chi connectivity index (χ1v) is 13.8. The Morgan fingerprint density at radius 2 is 2.10 bits per heavy atom. The van der Waals surface area contributed by atoms with Gasteiger partial charge in [-0.2, -0.15) is 0 Å². The Morgan fingerprint density at radius 3 is 2.85 bits per heavy atom. The topological polar surface area (TPSA) is 104 Å². The van der Waals surface area contributed by atoms with Crippen molar-refractivity contribution in [2.75, 3.05) is 27.3 Å². The summed E-state index contributed by atoms with van der Waals surface area (Å²) < 4.78 is 18.1. The van der Waals surface area contributed by atoms with Gasteiger partial charge in [-0.25, -0.2) is 4.79 Å². The number of aromatic nitrogens is 1. The number of carbonyl (C=O) groups is 1. The highest BCUT2D eigenvalue weighted by Gasteiger charge is 2.65. The molecule has 4 aliphatic rings. The molecule has 7 rings (SSSR count). The van der Waals surface area contributed by atoms with E-state index in [1.54, 1.807) is 26.2 Å². The largest absolute Gasteiger partial charge is 0.493 e. The number of carbonyl (C=O) groups excluding carboxylic acids is 1. The number of benzene rings is 2. The van der Waals surface area contributed by atoms with Gasteiger partial charge in [-0.3, -0.25) is 15.1 Å². The second-order valence-corrected chi connectivity index (χ2v) is 11.3. The van der Waals surface area contributed by atoms with Crippen molar-refractivity contribution < 1.29 is 23.9 Å². The quantitative estimate of drug-likeness (QED) is 0.254. The number of nitro groups is 1. The van der Waals surface area contributed by atoms with Crippen molar-refractivity contribution in [2.24, 2.45) is 5.92 Å². The van der Waals surface area contributed by atoms with Crippen LogP contribution in [-0.4, -0.2) is 54.1 Å². The van der Waals surface area contributed by atoms with Crippen molar-refractivity contribution in [1.29, 1.82) is 0 Å². The number of esters is 1. The zero-order valence-corrected chi connectivity index (χ0v) is 23.0. The summed E-state index contributed by atoms with van der Waals surface area (Å²) >= 11 is 0. The van der Waals surface area contributed by atoms with E-state index in [0.29, 0.717) is 28.8 Å². The van der Waals surface area contributed by atoms with E-state index in [0.717, 1.165) is 42.1 Å². The van der Waals surface area contributed by atoms with Crippen LogP contribution in [0.25, 0.3) is 11.1 Å². The monoisotopic (exact) mass is 541 g/mol. The number of non-ortho nitro benzene ring substituents is 1. The highest BCUT2D eigenvalue weighted by atomic mass is 16.6. The number of nitrogens with zero attached hydrogens (tertiary/aromatic N) is 3. The van der Waals surface area contributed by atoms with Crippen LogP contribution in [0.4, 0.5) is 5.69 Å². The molecule has 2 aliphatic carbocycles. The first-order valence-electron chi connectivity index (χ1n) is 13.8. The van der Waals surface area contributed by atoms with Crippen LogP contribution in [0.15, 0.2) is 36.4 Å². The lowest BCUT2D eigenvalue weighted by Gasteiger charge is -2.57. The van der Waals surface area contributed by atoms with Gasteiger partial charge >= 0.3 is 5.97 Å². The van der Waals surface area contributed by atoms with Gasteiger partial charge in [0, 0.05) is 34.7 Å². The average molecular weight is 542 g/mol. The predicted molar refractivity (Wildman–Crippen MR) is 147 cm³/mol. The van der Waals surface area contributed by atoms with E-state index in [2.05, 4.69) is 18.0 Å². The lowest BCUT2D eigenvalue weighted by atomic mass is 9.51. The van der Waals surface area contributed by atoms with Gasteiger partial charge in [0.2, 0.25) is 0 Å². The fraction of sp³-hybridized carbons (Fsp3) is 0.419. The first-order chi connectivity index (χ1) is 19.3. The third-order valence-corrected chi connectivity index (χ3v) is 9.60. The van der Waals surface area contributed by atoms with Crippen molar-refractivity contribution >= 4 is 11.7 Å². The number of rotatable bonds is 5. The van der Waals surface area contributed by atoms with Gasteiger partial charge in [-0.05, 0) is 75.4 Å². The molecule has 40 heavy (non-hydrogen) atoms. The van der Waals surface area contributed by atoms with E-state index < -0.39 is 10.9 Å². The summed E-state index contributed by atoms with van der Waals surface area (Å²) in [6.45, 7) is 4.74. The van der Waals surface area contributed by atoms with E-state index in [-0.39, 0.29) is 35.8 Å². The Kier molecular flexibility index (Phi) is 5.48. The SMILES string of the molecule is CCOC(=O)c1c(C)nc2c(c1-c1cccc([N+](=O)[O-])c1)CC1C3Cc4ccc(OC)c5c4C1(CCN3C)C2O5. The zero-order valence-electron chi connectivity index (χ0n) is 23.0. The number of likely N-dealkylation sites (tertiary alicyclic amines) is 1. The number of methoxy groups -OCH3 is 1. The van der Waals surface area contributed by atoms with Crippen LogP contribution in [0.2, 0.25) is 0 Å². The van der Waals surface area contributed by atoms with Gasteiger partial charge in [0.15, 0.2) is 17.6 Å². The molecule has 4 unspecified atom stereocenters. The summed E-state index contributed by atoms with van der Waals surface area (Å²) in [6, 6.07) is 11.0. The number of fused-ring (bicyclic) bond motifs is 2. The van der Waals surface area contributed by atoms with Crippen molar-refractivity contribution in [3.05, 3.63) is 80.2 Å². The van der Waals surface area contributed by atoms with Crippen molar-refractivity contribution in [1.82, 2.24) is 9.88 Å². The Hall–Kier alpha value is -3.98. The maximum absolute atomic E-state index is 13.4. The van der Waals surface area contributed by atoms with E-state index in [4.69, 9.17) is 19.2 Å². The van der Waals surface area contributed by atoms with Gasteiger partial charge in [-0.15, -0.1) is 0 Å². The Balaban J connectivity index is 1.53. The van der Waals surface area contributed by atoms with Crippen molar-refractivity contribution in [2.45, 2.75) is 50.7 Å². The van der Waals surface area contributed by atoms with Crippen LogP contribution in [0.3, 0.4) is 0 Å². The maximum Gasteiger partial charge on any atom is 0.340 e. The predicted octanol–water partition coefficient (Wildman–Crippen LogP) is 4.95. The number of likely N-dealkylation sites (N-methyl/N-ethyl adjacent to an activating group) is 1. The van der Waals surface area contributed by atoms with E-state index >= 15 is 0 Å². The number of aryl methyl sites for hydroxylation is 1. The molecule has 2 bridgehead atoms. The summed E-state index contributed by atoms with van der Waals surface area (Å²) in [5.41, 5.74) is 6.14. The maximum atomic E-state index is 13.4. The summed E-state index contributed by atoms with van der Waals surface area (Å²) in [5, 5.41) is 11.7. The highest BCUT2D eigenvalue weighted by molar-refractivity contribution is 6.00. The number of ether oxygens (including phenoxy) is 3. The molecule has 0 N–H and O–H groups in total. The summed E-state index contributed by atoms with van der Waals surface area (Å²) in [7, 11) is 3.85. The molecule has 4 atom stereocenters. The molecule has 1 fully saturated rings. The molecular formula is C31H31N3O6. The lowest BCUT2D eigenvalue weighted by Crippen LogP contribution is -2.62. The van der Waals surface area contributed by atoms with Crippen LogP contribution < -0.4 is 9.47 Å². The van der Waals surface area contributed by atoms with Gasteiger partial charge in [-0.1, -0.05) is 18.2 Å². The minimum Gasteiger partial charge on any atom is -0.493 e. The molecule has 3 aromatic rings. The number of hydrogen-bond acceptors (Lipinski definition) is 8. The minimum atomic E-state index is -0.474. The average Bonchev–Trinajstić information content (AvgIpc) is 3.29. The molecule has 3 heterocycles. The van der Waals surface area contributed by atoms with Crippen LogP contribution in [0.5, 0.6) is 11.5 Å². The molecule has 9 heteroatoms. The van der Waals surface area contributed by atoms with Crippen molar-refractivity contribution in [3.8, 4) is 22.6 Å². The zero-order chi connectivity index (χ0) is 27.9. The second kappa shape index (κ2) is 8.76. The van der Waals surface area contributed by atoms with E-state index in [1.807, 2.05) is 19.1 Å². The normalized spacial score (nSPS) is 25.4. The minimum absolute atomic E-state index is 0.0315. The van der Waals surface area contributed by atoms with Crippen LogP contribution in [0, 0.1) is 23.0 Å². The highest BCUT2D eigenvalue weighted by Crippen LogP contribution is 2.67. The van der Waals surface area contributed by atoms with Crippen LogP contribution in [-0.2, 0) is 23.0 Å². The van der Waals surface area contributed by atoms with Gasteiger partial charge in [0.05, 0.1) is 35.6 Å². The smallest absolute Gasteiger partial charge is 0.340 e. The molecular weight excluding hydrogens is 510 g/mol.